The van der Waals surface area contributed by atoms with Gasteiger partial charge in [0.25, 0.3) is 0 Å². The molecule has 18 heavy (non-hydrogen) atoms. The number of carbonyl (C=O) groups excluding carboxylic acids is 1. The van der Waals surface area contributed by atoms with E-state index in [9.17, 15) is 4.79 Å². The fraction of sp³-hybridized carbons (Fsp3) is 0.462. The number of aryl methyl sites for hydroxylation is 1. The molecule has 0 saturated carbocycles. The first-order valence-electron chi connectivity index (χ1n) is 6.16. The molecule has 2 rings (SSSR count). The zero-order valence-corrected chi connectivity index (χ0v) is 10.6. The van der Waals surface area contributed by atoms with Crippen LogP contribution in [0.15, 0.2) is 18.7 Å². The standard InChI is InChI=1S/C13H18N4O/c1-3-6-14-12-9-13(16-10(2)15-12)17-7-4-11(18)5-8-17/h3,9H,1,4-8H2,2H3,(H,14,15,16). The third-order valence-corrected chi connectivity index (χ3v) is 2.90. The summed E-state index contributed by atoms with van der Waals surface area (Å²) in [5.41, 5.74) is 0. The van der Waals surface area contributed by atoms with E-state index < -0.39 is 0 Å². The van der Waals surface area contributed by atoms with Crippen LogP contribution in [0.3, 0.4) is 0 Å². The first-order valence-corrected chi connectivity index (χ1v) is 6.16. The molecule has 1 aliphatic rings. The Kier molecular flexibility index (Phi) is 3.92. The van der Waals surface area contributed by atoms with Gasteiger partial charge in [0, 0.05) is 38.5 Å². The number of ketones is 1. The summed E-state index contributed by atoms with van der Waals surface area (Å²) in [5.74, 6) is 2.76. The summed E-state index contributed by atoms with van der Waals surface area (Å²) < 4.78 is 0. The molecule has 0 unspecified atom stereocenters. The number of aromatic nitrogens is 2. The predicted octanol–water partition coefficient (Wildman–Crippen LogP) is 1.55. The third-order valence-electron chi connectivity index (χ3n) is 2.90. The normalized spacial score (nSPS) is 15.6. The fourth-order valence-corrected chi connectivity index (χ4v) is 1.97. The summed E-state index contributed by atoms with van der Waals surface area (Å²) >= 11 is 0. The number of hydrogen-bond acceptors (Lipinski definition) is 5. The molecule has 5 nitrogen and oxygen atoms in total. The number of anilines is 2. The second-order valence-electron chi connectivity index (χ2n) is 4.35. The van der Waals surface area contributed by atoms with Gasteiger partial charge < -0.3 is 10.2 Å². The maximum Gasteiger partial charge on any atom is 0.136 e. The lowest BCUT2D eigenvalue weighted by Gasteiger charge is -2.27. The molecule has 1 aliphatic heterocycles. The quantitative estimate of drug-likeness (QED) is 0.817. The Hall–Kier alpha value is -1.91. The highest BCUT2D eigenvalue weighted by atomic mass is 16.1. The van der Waals surface area contributed by atoms with E-state index in [1.807, 2.05) is 13.0 Å². The van der Waals surface area contributed by atoms with Crippen LogP contribution in [0.4, 0.5) is 11.6 Å². The molecule has 1 aromatic rings. The van der Waals surface area contributed by atoms with Gasteiger partial charge in [-0.05, 0) is 6.92 Å². The van der Waals surface area contributed by atoms with Crippen LogP contribution >= 0.6 is 0 Å². The second kappa shape index (κ2) is 5.62. The fourth-order valence-electron chi connectivity index (χ4n) is 1.97. The number of rotatable bonds is 4. The Balaban J connectivity index is 2.14. The van der Waals surface area contributed by atoms with E-state index in [0.29, 0.717) is 25.2 Å². The second-order valence-corrected chi connectivity index (χ2v) is 4.35. The van der Waals surface area contributed by atoms with Gasteiger partial charge in [0.15, 0.2) is 0 Å². The first kappa shape index (κ1) is 12.5. The van der Waals surface area contributed by atoms with E-state index in [1.54, 1.807) is 6.08 Å². The van der Waals surface area contributed by atoms with E-state index in [0.717, 1.165) is 30.5 Å². The highest BCUT2D eigenvalue weighted by molar-refractivity contribution is 5.80. The minimum atomic E-state index is 0.335. The van der Waals surface area contributed by atoms with Crippen molar-refractivity contribution in [3.63, 3.8) is 0 Å². The molecule has 0 amide bonds. The van der Waals surface area contributed by atoms with Crippen LogP contribution in [0.2, 0.25) is 0 Å². The van der Waals surface area contributed by atoms with Crippen LogP contribution < -0.4 is 10.2 Å². The number of carbonyl (C=O) groups is 1. The molecule has 2 heterocycles. The monoisotopic (exact) mass is 246 g/mol. The van der Waals surface area contributed by atoms with E-state index in [-0.39, 0.29) is 0 Å². The molecular weight excluding hydrogens is 228 g/mol. The SMILES string of the molecule is C=CCNc1cc(N2CCC(=O)CC2)nc(C)n1. The highest BCUT2D eigenvalue weighted by Gasteiger charge is 2.18. The highest BCUT2D eigenvalue weighted by Crippen LogP contribution is 2.19. The molecule has 0 aromatic carbocycles. The number of hydrogen-bond donors (Lipinski definition) is 1. The van der Waals surface area contributed by atoms with Crippen LogP contribution in [0.1, 0.15) is 18.7 Å². The van der Waals surface area contributed by atoms with Crippen molar-refractivity contribution in [2.75, 3.05) is 29.9 Å². The van der Waals surface area contributed by atoms with Gasteiger partial charge in [0.1, 0.15) is 23.2 Å². The van der Waals surface area contributed by atoms with E-state index in [1.165, 1.54) is 0 Å². The van der Waals surface area contributed by atoms with Crippen molar-refractivity contribution in [2.24, 2.45) is 0 Å². The average Bonchev–Trinajstić information content (AvgIpc) is 2.36. The first-order chi connectivity index (χ1) is 8.69. The number of nitrogens with one attached hydrogen (secondary N) is 1. The van der Waals surface area contributed by atoms with Crippen LogP contribution in [0, 0.1) is 6.92 Å². The third kappa shape index (κ3) is 3.06. The Morgan fingerprint density at radius 1 is 1.44 bits per heavy atom. The van der Waals surface area contributed by atoms with Gasteiger partial charge in [-0.1, -0.05) is 6.08 Å². The zero-order valence-electron chi connectivity index (χ0n) is 10.6. The summed E-state index contributed by atoms with van der Waals surface area (Å²) in [4.78, 5) is 22.1. The lowest BCUT2D eigenvalue weighted by molar-refractivity contribution is -0.119. The molecule has 1 fully saturated rings. The molecule has 1 N–H and O–H groups in total. The van der Waals surface area contributed by atoms with Crippen molar-refractivity contribution in [1.29, 1.82) is 0 Å². The van der Waals surface area contributed by atoms with Crippen molar-refractivity contribution in [3.8, 4) is 0 Å². The van der Waals surface area contributed by atoms with Crippen LogP contribution in [-0.4, -0.2) is 35.4 Å². The van der Waals surface area contributed by atoms with Crippen molar-refractivity contribution < 1.29 is 4.79 Å². The van der Waals surface area contributed by atoms with Gasteiger partial charge in [0.05, 0.1) is 0 Å². The van der Waals surface area contributed by atoms with Crippen LogP contribution in [-0.2, 0) is 4.79 Å². The van der Waals surface area contributed by atoms with Crippen LogP contribution in [0.5, 0.6) is 0 Å². The van der Waals surface area contributed by atoms with Crippen molar-refractivity contribution >= 4 is 17.4 Å². The largest absolute Gasteiger partial charge is 0.366 e. The molecule has 96 valence electrons. The average molecular weight is 246 g/mol. The van der Waals surface area contributed by atoms with E-state index >= 15 is 0 Å². The number of piperidine rings is 1. The predicted molar refractivity (Wildman–Crippen MR) is 71.9 cm³/mol. The summed E-state index contributed by atoms with van der Waals surface area (Å²) in [7, 11) is 0. The Morgan fingerprint density at radius 2 is 2.17 bits per heavy atom. The summed E-state index contributed by atoms with van der Waals surface area (Å²) in [6, 6.07) is 1.92. The summed E-state index contributed by atoms with van der Waals surface area (Å²) in [6.45, 7) is 7.71. The van der Waals surface area contributed by atoms with E-state index in [4.69, 9.17) is 0 Å². The zero-order chi connectivity index (χ0) is 13.0. The summed E-state index contributed by atoms with van der Waals surface area (Å²) in [5, 5.41) is 3.16. The Morgan fingerprint density at radius 3 is 2.83 bits per heavy atom. The van der Waals surface area contributed by atoms with Gasteiger partial charge >= 0.3 is 0 Å². The lowest BCUT2D eigenvalue weighted by Crippen LogP contribution is -2.34. The van der Waals surface area contributed by atoms with Gasteiger partial charge in [-0.3, -0.25) is 4.79 Å². The molecule has 0 aliphatic carbocycles. The van der Waals surface area contributed by atoms with Gasteiger partial charge in [-0.25, -0.2) is 9.97 Å². The summed E-state index contributed by atoms with van der Waals surface area (Å²) in [6.07, 6.45) is 3.01. The molecule has 1 saturated heterocycles. The number of Topliss-reactive ketones (excluding diaryl/α,β-unsaturated/α-hetero) is 1. The lowest BCUT2D eigenvalue weighted by atomic mass is 10.1. The smallest absolute Gasteiger partial charge is 0.136 e. The maximum absolute atomic E-state index is 11.2. The molecule has 0 radical (unpaired) electrons. The maximum atomic E-state index is 11.2. The van der Waals surface area contributed by atoms with Crippen LogP contribution in [0.25, 0.3) is 0 Å². The molecule has 0 atom stereocenters. The van der Waals surface area contributed by atoms with Gasteiger partial charge in [0.2, 0.25) is 0 Å². The topological polar surface area (TPSA) is 58.1 Å². The van der Waals surface area contributed by atoms with Crippen molar-refractivity contribution in [1.82, 2.24) is 9.97 Å². The Bertz CT molecular complexity index is 448. The molecule has 0 bridgehead atoms. The number of nitrogens with zero attached hydrogens (tertiary/aromatic N) is 3. The van der Waals surface area contributed by atoms with Gasteiger partial charge in [-0.2, -0.15) is 0 Å². The van der Waals surface area contributed by atoms with Crippen molar-refractivity contribution in [3.05, 3.63) is 24.5 Å². The van der Waals surface area contributed by atoms with E-state index in [2.05, 4.69) is 26.8 Å². The van der Waals surface area contributed by atoms with Gasteiger partial charge in [-0.15, -0.1) is 6.58 Å². The van der Waals surface area contributed by atoms with Crippen molar-refractivity contribution in [2.45, 2.75) is 19.8 Å². The minimum Gasteiger partial charge on any atom is -0.366 e. The molecular formula is C13H18N4O. The molecule has 0 spiro atoms. The Labute approximate surface area is 107 Å². The molecule has 5 heteroatoms. The molecule has 1 aromatic heterocycles. The minimum absolute atomic E-state index is 0.335.